The van der Waals surface area contributed by atoms with E-state index in [9.17, 15) is 9.59 Å². The molecule has 1 heterocycles. The van der Waals surface area contributed by atoms with E-state index < -0.39 is 5.97 Å². The zero-order chi connectivity index (χ0) is 21.0. The Hall–Kier alpha value is -2.25. The number of carbonyl (C=O) groups excluding carboxylic acids is 2. The molecule has 0 saturated heterocycles. The number of ether oxygens (including phenoxy) is 1. The average Bonchev–Trinajstić information content (AvgIpc) is 2.94. The molecular formula is C21H23ClN2O4S. The highest BCUT2D eigenvalue weighted by molar-refractivity contribution is 7.99. The Labute approximate surface area is 179 Å². The molecule has 1 aromatic carbocycles. The van der Waals surface area contributed by atoms with Crippen LogP contribution in [0.1, 0.15) is 43.6 Å². The van der Waals surface area contributed by atoms with Crippen LogP contribution in [0.5, 0.6) is 0 Å². The molecule has 0 aliphatic heterocycles. The molecule has 0 atom stereocenters. The van der Waals surface area contributed by atoms with Crippen molar-refractivity contribution in [2.45, 2.75) is 56.4 Å². The lowest BCUT2D eigenvalue weighted by Crippen LogP contribution is -2.19. The fourth-order valence-corrected chi connectivity index (χ4v) is 4.61. The topological polar surface area (TPSA) is 69.9 Å². The Kier molecular flexibility index (Phi) is 7.03. The minimum atomic E-state index is -0.459. The van der Waals surface area contributed by atoms with E-state index in [4.69, 9.17) is 21.2 Å². The van der Waals surface area contributed by atoms with Crippen LogP contribution in [0.2, 0.25) is 5.02 Å². The Balaban J connectivity index is 2.08. The number of nitrogens with zero attached hydrogens (tertiary/aromatic N) is 2. The van der Waals surface area contributed by atoms with E-state index in [1.807, 2.05) is 35.8 Å². The molecule has 1 aromatic heterocycles. The molecule has 1 aliphatic carbocycles. The largest absolute Gasteiger partial charge is 0.465 e. The normalized spacial score (nSPS) is 14.6. The number of rotatable bonds is 6. The van der Waals surface area contributed by atoms with Gasteiger partial charge in [-0.3, -0.25) is 4.79 Å². The Morgan fingerprint density at radius 1 is 1.24 bits per heavy atom. The first kappa shape index (κ1) is 21.5. The molecule has 8 heteroatoms. The lowest BCUT2D eigenvalue weighted by Gasteiger charge is -2.17. The summed E-state index contributed by atoms with van der Waals surface area (Å²) in [5.41, 5.74) is 3.65. The third kappa shape index (κ3) is 5.03. The second kappa shape index (κ2) is 9.50. The van der Waals surface area contributed by atoms with Gasteiger partial charge in [0.15, 0.2) is 0 Å². The van der Waals surface area contributed by atoms with Gasteiger partial charge in [-0.1, -0.05) is 28.5 Å². The van der Waals surface area contributed by atoms with Crippen molar-refractivity contribution in [3.63, 3.8) is 0 Å². The Morgan fingerprint density at radius 2 is 1.97 bits per heavy atom. The molecule has 29 heavy (non-hydrogen) atoms. The second-order valence-electron chi connectivity index (χ2n) is 6.66. The maximum absolute atomic E-state index is 12.2. The van der Waals surface area contributed by atoms with E-state index in [1.165, 1.54) is 6.92 Å². The van der Waals surface area contributed by atoms with E-state index in [2.05, 4.69) is 5.16 Å². The lowest BCUT2D eigenvalue weighted by molar-refractivity contribution is -0.144. The number of benzene rings is 1. The van der Waals surface area contributed by atoms with Crippen LogP contribution in [-0.2, 0) is 32.1 Å². The van der Waals surface area contributed by atoms with Gasteiger partial charge in [-0.2, -0.15) is 0 Å². The summed E-state index contributed by atoms with van der Waals surface area (Å²) in [6, 6.07) is 7.59. The van der Waals surface area contributed by atoms with Gasteiger partial charge in [-0.15, -0.1) is 0 Å². The molecule has 6 nitrogen and oxygen atoms in total. The van der Waals surface area contributed by atoms with Crippen LogP contribution in [0, 0.1) is 6.92 Å². The van der Waals surface area contributed by atoms with Crippen molar-refractivity contribution < 1.29 is 19.2 Å². The zero-order valence-electron chi connectivity index (χ0n) is 16.7. The van der Waals surface area contributed by atoms with Crippen LogP contribution in [0.15, 0.2) is 39.2 Å². The molecule has 0 bridgehead atoms. The summed E-state index contributed by atoms with van der Waals surface area (Å²) in [5.74, 6) is -0.736. The number of hydrogen-bond acceptors (Lipinski definition) is 6. The van der Waals surface area contributed by atoms with Crippen LogP contribution in [0.4, 0.5) is 0 Å². The van der Waals surface area contributed by atoms with Crippen LogP contribution in [0.3, 0.4) is 0 Å². The molecule has 2 aromatic rings. The van der Waals surface area contributed by atoms with Crippen molar-refractivity contribution in [2.75, 3.05) is 6.61 Å². The van der Waals surface area contributed by atoms with Crippen LogP contribution < -0.4 is 0 Å². The SMILES string of the molecule is CCOC(=O)Cn1c(C)c(Sc2ccc(Cl)cc2)c2c1CCCC2=NOC(C)=O. The highest BCUT2D eigenvalue weighted by Gasteiger charge is 2.29. The minimum absolute atomic E-state index is 0.143. The number of hydrogen-bond donors (Lipinski definition) is 0. The fraction of sp³-hybridized carbons (Fsp3) is 0.381. The molecular weight excluding hydrogens is 412 g/mol. The molecule has 0 radical (unpaired) electrons. The van der Waals surface area contributed by atoms with Gasteiger partial charge in [-0.25, -0.2) is 4.79 Å². The molecule has 0 fully saturated rings. The van der Waals surface area contributed by atoms with Gasteiger partial charge in [0.05, 0.1) is 12.3 Å². The summed E-state index contributed by atoms with van der Waals surface area (Å²) >= 11 is 7.60. The summed E-state index contributed by atoms with van der Waals surface area (Å²) in [6.07, 6.45) is 2.39. The van der Waals surface area contributed by atoms with E-state index >= 15 is 0 Å². The first-order chi connectivity index (χ1) is 13.9. The van der Waals surface area contributed by atoms with Gasteiger partial charge in [0, 0.05) is 38.7 Å². The monoisotopic (exact) mass is 434 g/mol. The van der Waals surface area contributed by atoms with Gasteiger partial charge in [0.1, 0.15) is 6.54 Å². The summed E-state index contributed by atoms with van der Waals surface area (Å²) in [6.45, 7) is 5.59. The van der Waals surface area contributed by atoms with E-state index in [1.54, 1.807) is 18.7 Å². The molecule has 0 spiro atoms. The van der Waals surface area contributed by atoms with Gasteiger partial charge in [0.2, 0.25) is 0 Å². The standard InChI is InChI=1S/C21H23ClN2O4S/c1-4-27-19(26)12-24-13(2)21(29-16-10-8-15(22)9-11-16)20-17(23-28-14(3)25)6-5-7-18(20)24/h8-11H,4-7,12H2,1-3H3. The molecule has 1 aliphatic rings. The van der Waals surface area contributed by atoms with Gasteiger partial charge >= 0.3 is 11.9 Å². The quantitative estimate of drug-likeness (QED) is 0.372. The number of esters is 1. The first-order valence-corrected chi connectivity index (χ1v) is 10.7. The van der Waals surface area contributed by atoms with Crippen molar-refractivity contribution in [3.05, 3.63) is 46.2 Å². The van der Waals surface area contributed by atoms with Crippen molar-refractivity contribution >= 4 is 41.0 Å². The predicted octanol–water partition coefficient (Wildman–Crippen LogP) is 4.77. The third-order valence-electron chi connectivity index (χ3n) is 4.60. The molecule has 0 unspecified atom stereocenters. The third-order valence-corrected chi connectivity index (χ3v) is 6.06. The Bertz CT molecular complexity index is 951. The number of fused-ring (bicyclic) bond motifs is 1. The van der Waals surface area contributed by atoms with Gasteiger partial charge in [0.25, 0.3) is 0 Å². The average molecular weight is 435 g/mol. The first-order valence-electron chi connectivity index (χ1n) is 9.46. The fourth-order valence-electron chi connectivity index (χ4n) is 3.38. The van der Waals surface area contributed by atoms with Crippen LogP contribution in [0.25, 0.3) is 0 Å². The maximum atomic E-state index is 12.2. The maximum Gasteiger partial charge on any atom is 0.331 e. The van der Waals surface area contributed by atoms with Gasteiger partial charge in [-0.05, 0) is 57.4 Å². The summed E-state index contributed by atoms with van der Waals surface area (Å²) in [5, 5.41) is 4.78. The lowest BCUT2D eigenvalue weighted by atomic mass is 9.95. The molecule has 154 valence electrons. The van der Waals surface area contributed by atoms with E-state index in [-0.39, 0.29) is 12.5 Å². The smallest absolute Gasteiger partial charge is 0.331 e. The van der Waals surface area contributed by atoms with E-state index in [0.29, 0.717) is 18.1 Å². The van der Waals surface area contributed by atoms with Crippen molar-refractivity contribution in [3.8, 4) is 0 Å². The summed E-state index contributed by atoms with van der Waals surface area (Å²) in [7, 11) is 0. The number of oxime groups is 1. The summed E-state index contributed by atoms with van der Waals surface area (Å²) in [4.78, 5) is 30.4. The zero-order valence-corrected chi connectivity index (χ0v) is 18.2. The molecule has 3 rings (SSSR count). The second-order valence-corrected chi connectivity index (χ2v) is 8.18. The van der Waals surface area contributed by atoms with Crippen molar-refractivity contribution in [1.29, 1.82) is 0 Å². The van der Waals surface area contributed by atoms with E-state index in [0.717, 1.165) is 45.3 Å². The van der Waals surface area contributed by atoms with Crippen molar-refractivity contribution in [2.24, 2.45) is 5.16 Å². The molecule has 0 N–H and O–H groups in total. The Morgan fingerprint density at radius 3 is 2.62 bits per heavy atom. The number of halogens is 1. The van der Waals surface area contributed by atoms with Gasteiger partial charge < -0.3 is 14.1 Å². The molecule has 0 amide bonds. The number of aromatic nitrogens is 1. The highest BCUT2D eigenvalue weighted by Crippen LogP contribution is 2.40. The number of carbonyl (C=O) groups is 2. The minimum Gasteiger partial charge on any atom is -0.465 e. The predicted molar refractivity (Wildman–Crippen MR) is 113 cm³/mol. The van der Waals surface area contributed by atoms with Crippen LogP contribution >= 0.6 is 23.4 Å². The van der Waals surface area contributed by atoms with Crippen LogP contribution in [-0.4, -0.2) is 28.8 Å². The van der Waals surface area contributed by atoms with Crippen molar-refractivity contribution in [1.82, 2.24) is 4.57 Å². The highest BCUT2D eigenvalue weighted by atomic mass is 35.5. The summed E-state index contributed by atoms with van der Waals surface area (Å²) < 4.78 is 7.15. The molecule has 0 saturated carbocycles.